The van der Waals surface area contributed by atoms with Crippen molar-refractivity contribution in [2.75, 3.05) is 10.6 Å². The van der Waals surface area contributed by atoms with Crippen molar-refractivity contribution in [3.05, 3.63) is 97.6 Å². The van der Waals surface area contributed by atoms with E-state index >= 15 is 0 Å². The van der Waals surface area contributed by atoms with Gasteiger partial charge in [-0.15, -0.1) is 0 Å². The van der Waals surface area contributed by atoms with Crippen molar-refractivity contribution in [3.63, 3.8) is 0 Å². The van der Waals surface area contributed by atoms with Crippen molar-refractivity contribution < 1.29 is 0 Å². The van der Waals surface area contributed by atoms with Crippen LogP contribution in [-0.4, -0.2) is 39.9 Å². The SMILES string of the molecule is c1cnc2c(c1)c1c(c3cccnc32)Nc2cc3nc4cc5nc6c7cccnc7c7ncccc7c6nc5cc4nc3cc2N1. The van der Waals surface area contributed by atoms with E-state index in [1.165, 1.54) is 0 Å². The third-order valence-corrected chi connectivity index (χ3v) is 8.85. The van der Waals surface area contributed by atoms with E-state index in [0.29, 0.717) is 0 Å². The third kappa shape index (κ3) is 3.13. The van der Waals surface area contributed by atoms with Crippen LogP contribution < -0.4 is 10.6 Å². The number of pyridine rings is 4. The summed E-state index contributed by atoms with van der Waals surface area (Å²) in [6, 6.07) is 23.9. The molecule has 6 aromatic heterocycles. The van der Waals surface area contributed by atoms with Crippen LogP contribution in [0, 0.1) is 0 Å². The third-order valence-electron chi connectivity index (χ3n) is 8.85. The number of hydrogen-bond acceptors (Lipinski definition) is 10. The van der Waals surface area contributed by atoms with E-state index in [-0.39, 0.29) is 0 Å². The van der Waals surface area contributed by atoms with Crippen molar-refractivity contribution in [1.82, 2.24) is 39.9 Å². The zero-order valence-electron chi connectivity index (χ0n) is 23.8. The van der Waals surface area contributed by atoms with E-state index in [2.05, 4.69) is 42.7 Å². The number of anilines is 4. The quantitative estimate of drug-likeness (QED) is 0.133. The smallest absolute Gasteiger partial charge is 0.0996 e. The predicted octanol–water partition coefficient (Wildman–Crippen LogP) is 7.87. The minimum Gasteiger partial charge on any atom is -0.351 e. The summed E-state index contributed by atoms with van der Waals surface area (Å²) in [4.78, 5) is 38.9. The topological polar surface area (TPSA) is 127 Å². The minimum atomic E-state index is 0.744. The van der Waals surface area contributed by atoms with Crippen LogP contribution in [-0.2, 0) is 0 Å². The van der Waals surface area contributed by atoms with Crippen LogP contribution in [0.1, 0.15) is 0 Å². The molecule has 0 fully saturated rings. The predicted molar refractivity (Wildman–Crippen MR) is 182 cm³/mol. The molecular weight excluding hydrogens is 572 g/mol. The Bertz CT molecular complexity index is 2790. The van der Waals surface area contributed by atoms with E-state index in [0.717, 1.165) is 110 Å². The first-order valence-electron chi connectivity index (χ1n) is 14.8. The highest BCUT2D eigenvalue weighted by Crippen LogP contribution is 2.47. The molecule has 1 aliphatic heterocycles. The van der Waals surface area contributed by atoms with Gasteiger partial charge >= 0.3 is 0 Å². The number of aromatic nitrogens is 8. The molecule has 7 heterocycles. The number of hydrogen-bond donors (Lipinski definition) is 2. The molecule has 0 spiro atoms. The van der Waals surface area contributed by atoms with Crippen LogP contribution in [0.3, 0.4) is 0 Å². The maximum absolute atomic E-state index is 5.10. The van der Waals surface area contributed by atoms with E-state index < -0.39 is 0 Å². The summed E-state index contributed by atoms with van der Waals surface area (Å²) in [6.45, 7) is 0. The number of nitrogens with one attached hydrogen (secondary N) is 2. The van der Waals surface area contributed by atoms with Gasteiger partial charge in [-0.05, 0) is 72.8 Å². The molecule has 10 aromatic rings. The van der Waals surface area contributed by atoms with Crippen molar-refractivity contribution in [3.8, 4) is 0 Å². The average molecular weight is 591 g/mol. The van der Waals surface area contributed by atoms with Gasteiger partial charge in [0, 0.05) is 46.3 Å². The Balaban J connectivity index is 1.13. The molecule has 46 heavy (non-hydrogen) atoms. The largest absolute Gasteiger partial charge is 0.351 e. The van der Waals surface area contributed by atoms with Crippen LogP contribution in [0.25, 0.3) is 87.7 Å². The van der Waals surface area contributed by atoms with Crippen LogP contribution in [0.2, 0.25) is 0 Å². The van der Waals surface area contributed by atoms with Gasteiger partial charge in [0.1, 0.15) is 0 Å². The highest BCUT2D eigenvalue weighted by molar-refractivity contribution is 6.22. The number of fused-ring (bicyclic) bond motifs is 16. The molecule has 10 heteroatoms. The van der Waals surface area contributed by atoms with Gasteiger partial charge in [-0.1, -0.05) is 0 Å². The first kappa shape index (κ1) is 23.7. The fourth-order valence-electron chi connectivity index (χ4n) is 6.82. The van der Waals surface area contributed by atoms with E-state index in [9.17, 15) is 0 Å². The maximum Gasteiger partial charge on any atom is 0.0996 e. The Kier molecular flexibility index (Phi) is 4.38. The molecule has 212 valence electrons. The summed E-state index contributed by atoms with van der Waals surface area (Å²) < 4.78 is 0. The van der Waals surface area contributed by atoms with Gasteiger partial charge in [-0.3, -0.25) is 19.9 Å². The van der Waals surface area contributed by atoms with Gasteiger partial charge in [-0.2, -0.15) is 0 Å². The highest BCUT2D eigenvalue weighted by atomic mass is 15.1. The van der Waals surface area contributed by atoms with Gasteiger partial charge in [0.25, 0.3) is 0 Å². The molecule has 0 bridgehead atoms. The minimum absolute atomic E-state index is 0.744. The number of nitrogens with zero attached hydrogens (tertiary/aromatic N) is 8. The van der Waals surface area contributed by atoms with Crippen LogP contribution in [0.4, 0.5) is 22.7 Å². The molecule has 2 N–H and O–H groups in total. The number of rotatable bonds is 0. The highest BCUT2D eigenvalue weighted by Gasteiger charge is 2.23. The lowest BCUT2D eigenvalue weighted by Crippen LogP contribution is -2.08. The first-order valence-corrected chi connectivity index (χ1v) is 14.8. The molecule has 0 amide bonds. The molecule has 0 saturated carbocycles. The zero-order chi connectivity index (χ0) is 29.9. The van der Waals surface area contributed by atoms with Crippen molar-refractivity contribution in [1.29, 1.82) is 0 Å². The number of benzene rings is 4. The second-order valence-electron chi connectivity index (χ2n) is 11.5. The fourth-order valence-corrected chi connectivity index (χ4v) is 6.82. The van der Waals surface area contributed by atoms with Gasteiger partial charge in [0.05, 0.1) is 88.9 Å². The summed E-state index contributed by atoms with van der Waals surface area (Å²) in [6.07, 6.45) is 7.17. The standard InChI is InChI=1S/C36H18N10/c1-5-17-29(37-9-1)30-18(6-2-10-38-30)34-33(17)43-25-13-21-22(14-26(25)44-34)42-24-16-28-27(15-23(24)41-21)45-35-19-7-3-11-39-31(19)32-20(36(35)46-28)8-4-12-40-32/h1-16,43-44H. The van der Waals surface area contributed by atoms with Gasteiger partial charge < -0.3 is 10.6 Å². The van der Waals surface area contributed by atoms with E-state index in [1.807, 2.05) is 60.7 Å². The Morgan fingerprint density at radius 2 is 0.696 bits per heavy atom. The Morgan fingerprint density at radius 3 is 1.13 bits per heavy atom. The monoisotopic (exact) mass is 590 g/mol. The summed E-state index contributed by atoms with van der Waals surface area (Å²) in [5.41, 5.74) is 13.2. The molecule has 1 aliphatic rings. The summed E-state index contributed by atoms with van der Waals surface area (Å²) in [5, 5.41) is 11.2. The molecule has 10 nitrogen and oxygen atoms in total. The Morgan fingerprint density at radius 1 is 0.348 bits per heavy atom. The van der Waals surface area contributed by atoms with Gasteiger partial charge in [-0.25, -0.2) is 19.9 Å². The lowest BCUT2D eigenvalue weighted by atomic mass is 10.0. The van der Waals surface area contributed by atoms with E-state index in [4.69, 9.17) is 19.9 Å². The summed E-state index contributed by atoms with van der Waals surface area (Å²) >= 11 is 0. The lowest BCUT2D eigenvalue weighted by molar-refractivity contribution is 1.35. The second kappa shape index (κ2) is 8.48. The molecule has 11 rings (SSSR count). The average Bonchev–Trinajstić information content (AvgIpc) is 3.11. The molecular formula is C36H18N10. The molecule has 0 saturated heterocycles. The first-order chi connectivity index (χ1) is 22.8. The van der Waals surface area contributed by atoms with Crippen molar-refractivity contribution in [2.24, 2.45) is 0 Å². The maximum atomic E-state index is 5.10. The van der Waals surface area contributed by atoms with Crippen LogP contribution in [0.5, 0.6) is 0 Å². The zero-order valence-corrected chi connectivity index (χ0v) is 23.8. The Labute approximate surface area is 258 Å². The molecule has 0 unspecified atom stereocenters. The molecule has 0 atom stereocenters. The fraction of sp³-hybridized carbons (Fsp3) is 0. The van der Waals surface area contributed by atoms with E-state index in [1.54, 1.807) is 24.8 Å². The van der Waals surface area contributed by atoms with Crippen LogP contribution in [0.15, 0.2) is 97.6 Å². The Hall–Kier alpha value is -6.68. The van der Waals surface area contributed by atoms with Crippen LogP contribution >= 0.6 is 0 Å². The second-order valence-corrected chi connectivity index (χ2v) is 11.5. The normalized spacial score (nSPS) is 12.7. The van der Waals surface area contributed by atoms with Gasteiger partial charge in [0.15, 0.2) is 0 Å². The molecule has 0 aliphatic carbocycles. The molecule has 0 radical (unpaired) electrons. The van der Waals surface area contributed by atoms with Crippen molar-refractivity contribution in [2.45, 2.75) is 0 Å². The van der Waals surface area contributed by atoms with Crippen molar-refractivity contribution >= 4 is 110 Å². The van der Waals surface area contributed by atoms with Gasteiger partial charge in [0.2, 0.25) is 0 Å². The molecule has 4 aromatic carbocycles. The lowest BCUT2D eigenvalue weighted by Gasteiger charge is -2.26. The summed E-state index contributed by atoms with van der Waals surface area (Å²) in [7, 11) is 0. The summed E-state index contributed by atoms with van der Waals surface area (Å²) in [5.74, 6) is 0.